The summed E-state index contributed by atoms with van der Waals surface area (Å²) in [5.41, 5.74) is 16.5. The third-order valence-electron chi connectivity index (χ3n) is 10.7. The van der Waals surface area contributed by atoms with Crippen molar-refractivity contribution in [2.75, 3.05) is 0 Å². The van der Waals surface area contributed by atoms with Crippen molar-refractivity contribution < 1.29 is 0 Å². The van der Waals surface area contributed by atoms with Gasteiger partial charge in [-0.1, -0.05) is 161 Å². The molecule has 7 aromatic rings. The number of aryl methyl sites for hydroxylation is 2. The molecule has 0 saturated carbocycles. The molecule has 0 heterocycles. The van der Waals surface area contributed by atoms with Gasteiger partial charge in [-0.25, -0.2) is 0 Å². The molecule has 0 spiro atoms. The zero-order valence-corrected chi connectivity index (χ0v) is 30.1. The van der Waals surface area contributed by atoms with Gasteiger partial charge >= 0.3 is 0 Å². The summed E-state index contributed by atoms with van der Waals surface area (Å²) in [6, 6.07) is 41.4. The molecule has 3 aliphatic rings. The normalized spacial score (nSPS) is 13.4. The smallest absolute Gasteiger partial charge is 0.00207 e. The molecule has 0 bridgehead atoms. The van der Waals surface area contributed by atoms with Crippen LogP contribution in [0.1, 0.15) is 67.5 Å². The largest absolute Gasteiger partial charge is 0.0801 e. The van der Waals surface area contributed by atoms with Crippen LogP contribution in [-0.2, 0) is 6.42 Å². The fraction of sp³-hybridized carbons (Fsp3) is 0.160. The van der Waals surface area contributed by atoms with E-state index in [1.54, 1.807) is 0 Å². The predicted molar refractivity (Wildman–Crippen MR) is 219 cm³/mol. The summed E-state index contributed by atoms with van der Waals surface area (Å²) < 4.78 is 0. The standard InChI is InChI=1S/C46H32.2C2H6/c1-27-15-20-35-36-23-24-39-33-12-6-7-13-37(33)44-28(2)16-21-40(46(39)44)42(36)26-43(41(35)25-27)32-11-5-8-14-38-34(32)22-19-30-18-17-29-9-3-4-10-31(29)45(30)38;2*1-2/h3-10,12-22,24-26H,11,23H2,1-2H3;2*1-2H3. The molecule has 0 saturated heterocycles. The van der Waals surface area contributed by atoms with Crippen molar-refractivity contribution in [3.05, 3.63) is 171 Å². The minimum Gasteiger partial charge on any atom is -0.0801 e. The lowest BCUT2D eigenvalue weighted by atomic mass is 9.84. The lowest BCUT2D eigenvalue weighted by Crippen LogP contribution is -2.27. The lowest BCUT2D eigenvalue weighted by molar-refractivity contribution is 1.30. The van der Waals surface area contributed by atoms with Crippen molar-refractivity contribution in [1.29, 1.82) is 0 Å². The Morgan fingerprint density at radius 3 is 2.14 bits per heavy atom. The first kappa shape index (κ1) is 31.8. The molecule has 0 nitrogen and oxygen atoms in total. The van der Waals surface area contributed by atoms with E-state index in [4.69, 9.17) is 0 Å². The summed E-state index contributed by atoms with van der Waals surface area (Å²) in [7, 11) is 0. The number of rotatable bonds is 1. The quantitative estimate of drug-likeness (QED) is 0.156. The summed E-state index contributed by atoms with van der Waals surface area (Å²) in [4.78, 5) is 0. The molecule has 0 fully saturated rings. The maximum absolute atomic E-state index is 2.55. The lowest BCUT2D eigenvalue weighted by Gasteiger charge is -2.20. The Bertz CT molecular complexity index is 2690. The fourth-order valence-electron chi connectivity index (χ4n) is 8.63. The zero-order chi connectivity index (χ0) is 34.5. The molecule has 7 aromatic carbocycles. The van der Waals surface area contributed by atoms with Crippen LogP contribution in [0.2, 0.25) is 0 Å². The van der Waals surface area contributed by atoms with Crippen LogP contribution in [0.25, 0.3) is 71.8 Å². The van der Waals surface area contributed by atoms with Crippen LogP contribution < -0.4 is 10.4 Å². The molecular weight excluding hydrogens is 601 g/mol. The summed E-state index contributed by atoms with van der Waals surface area (Å²) in [6.45, 7) is 12.5. The first-order valence-corrected chi connectivity index (χ1v) is 18.5. The second kappa shape index (κ2) is 12.8. The predicted octanol–water partition coefficient (Wildman–Crippen LogP) is 12.4. The molecule has 10 rings (SSSR count). The molecule has 0 unspecified atom stereocenters. The Balaban J connectivity index is 0.000000873. The second-order valence-electron chi connectivity index (χ2n) is 13.2. The molecule has 0 atom stereocenters. The maximum Gasteiger partial charge on any atom is -0.00207 e. The van der Waals surface area contributed by atoms with E-state index >= 15 is 0 Å². The average molecular weight is 645 g/mol. The van der Waals surface area contributed by atoms with Crippen LogP contribution in [0, 0.1) is 13.8 Å². The third-order valence-corrected chi connectivity index (χ3v) is 10.7. The van der Waals surface area contributed by atoms with Gasteiger partial charge in [0.25, 0.3) is 0 Å². The van der Waals surface area contributed by atoms with Crippen molar-refractivity contribution in [1.82, 2.24) is 0 Å². The Hall–Kier alpha value is -5.46. The van der Waals surface area contributed by atoms with E-state index in [0.717, 1.165) is 12.8 Å². The molecule has 3 aliphatic carbocycles. The minimum absolute atomic E-state index is 0.891. The number of allylic oxidation sites excluding steroid dienone is 3. The highest BCUT2D eigenvalue weighted by Gasteiger charge is 2.31. The molecule has 0 aliphatic heterocycles. The minimum atomic E-state index is 0.891. The van der Waals surface area contributed by atoms with Crippen LogP contribution >= 0.6 is 0 Å². The second-order valence-corrected chi connectivity index (χ2v) is 13.2. The Labute approximate surface area is 296 Å². The van der Waals surface area contributed by atoms with E-state index < -0.39 is 0 Å². The molecule has 0 amide bonds. The SMILES string of the molecule is CC.CC.Cc1ccc2c3c(cc(C4=c5ccc6ccc7ccccc7c6c5=CC=CC4)c2c1)-c1ccc(C)c2c1C(=CC3)c1ccccc1-2. The highest BCUT2D eigenvalue weighted by molar-refractivity contribution is 6.11. The zero-order valence-electron chi connectivity index (χ0n) is 30.1. The topological polar surface area (TPSA) is 0 Å². The van der Waals surface area contributed by atoms with Crippen LogP contribution in [0.15, 0.2) is 127 Å². The van der Waals surface area contributed by atoms with Gasteiger partial charge in [-0.15, -0.1) is 0 Å². The highest BCUT2D eigenvalue weighted by atomic mass is 14.3. The number of hydrogen-bond acceptors (Lipinski definition) is 0. The van der Waals surface area contributed by atoms with Crippen LogP contribution in [0.5, 0.6) is 0 Å². The Morgan fingerprint density at radius 2 is 1.28 bits per heavy atom. The molecular formula is C50H44. The molecule has 0 heteroatoms. The molecule has 50 heavy (non-hydrogen) atoms. The summed E-state index contributed by atoms with van der Waals surface area (Å²) in [5.74, 6) is 0. The van der Waals surface area contributed by atoms with E-state index in [0.29, 0.717) is 0 Å². The van der Waals surface area contributed by atoms with Crippen LogP contribution in [0.3, 0.4) is 0 Å². The summed E-state index contributed by atoms with van der Waals surface area (Å²) >= 11 is 0. The van der Waals surface area contributed by atoms with Crippen molar-refractivity contribution in [2.24, 2.45) is 0 Å². The summed E-state index contributed by atoms with van der Waals surface area (Å²) in [5, 5.41) is 10.6. The van der Waals surface area contributed by atoms with Gasteiger partial charge in [-0.2, -0.15) is 0 Å². The first-order chi connectivity index (χ1) is 24.7. The van der Waals surface area contributed by atoms with E-state index in [2.05, 4.69) is 147 Å². The van der Waals surface area contributed by atoms with Gasteiger partial charge in [0.05, 0.1) is 0 Å². The highest BCUT2D eigenvalue weighted by Crippen LogP contribution is 2.52. The van der Waals surface area contributed by atoms with Crippen molar-refractivity contribution >= 4 is 49.5 Å². The van der Waals surface area contributed by atoms with Gasteiger partial charge in [-0.3, -0.25) is 0 Å². The third kappa shape index (κ3) is 4.73. The van der Waals surface area contributed by atoms with E-state index in [-0.39, 0.29) is 0 Å². The van der Waals surface area contributed by atoms with Gasteiger partial charge in [0.15, 0.2) is 0 Å². The molecule has 0 aromatic heterocycles. The van der Waals surface area contributed by atoms with Crippen LogP contribution in [-0.4, -0.2) is 0 Å². The Kier molecular flexibility index (Phi) is 8.12. The van der Waals surface area contributed by atoms with Crippen molar-refractivity contribution in [3.63, 3.8) is 0 Å². The molecule has 0 radical (unpaired) electrons. The van der Waals surface area contributed by atoms with Gasteiger partial charge in [0.2, 0.25) is 0 Å². The maximum atomic E-state index is 2.55. The van der Waals surface area contributed by atoms with Gasteiger partial charge in [0, 0.05) is 0 Å². The monoisotopic (exact) mass is 644 g/mol. The van der Waals surface area contributed by atoms with Crippen molar-refractivity contribution in [3.8, 4) is 22.3 Å². The van der Waals surface area contributed by atoms with Gasteiger partial charge < -0.3 is 0 Å². The summed E-state index contributed by atoms with van der Waals surface area (Å²) in [6.07, 6.45) is 11.3. The molecule has 244 valence electrons. The Morgan fingerprint density at radius 1 is 0.520 bits per heavy atom. The van der Waals surface area contributed by atoms with E-state index in [9.17, 15) is 0 Å². The first-order valence-electron chi connectivity index (χ1n) is 18.5. The number of fused-ring (bicyclic) bond motifs is 12. The van der Waals surface area contributed by atoms with Gasteiger partial charge in [0.1, 0.15) is 0 Å². The average Bonchev–Trinajstić information content (AvgIpc) is 3.26. The van der Waals surface area contributed by atoms with Gasteiger partial charge in [-0.05, 0) is 137 Å². The van der Waals surface area contributed by atoms with E-state index in [1.165, 1.54) is 110 Å². The number of hydrogen-bond donors (Lipinski definition) is 0. The van der Waals surface area contributed by atoms with Crippen molar-refractivity contribution in [2.45, 2.75) is 54.4 Å². The van der Waals surface area contributed by atoms with Crippen LogP contribution in [0.4, 0.5) is 0 Å². The fourth-order valence-corrected chi connectivity index (χ4v) is 8.63. The molecule has 0 N–H and O–H groups in total. The van der Waals surface area contributed by atoms with E-state index in [1.807, 2.05) is 27.7 Å². The number of benzene rings is 7.